The predicted octanol–water partition coefficient (Wildman–Crippen LogP) is 0.778. The van der Waals surface area contributed by atoms with Crippen LogP contribution in [0.4, 0.5) is 0 Å². The van der Waals surface area contributed by atoms with Gasteiger partial charge in [-0.2, -0.15) is 8.42 Å². The second-order valence-corrected chi connectivity index (χ2v) is 5.00. The Bertz CT molecular complexity index is 247. The van der Waals surface area contributed by atoms with Crippen LogP contribution in [-0.4, -0.2) is 34.0 Å². The number of rotatable bonds is 4. The van der Waals surface area contributed by atoms with Crippen LogP contribution in [0.5, 0.6) is 0 Å². The van der Waals surface area contributed by atoms with Crippen LogP contribution in [0, 0.1) is 5.92 Å². The Kier molecular flexibility index (Phi) is 3.70. The Morgan fingerprint density at radius 1 is 1.54 bits per heavy atom. The van der Waals surface area contributed by atoms with Crippen molar-refractivity contribution >= 4 is 10.1 Å². The summed E-state index contributed by atoms with van der Waals surface area (Å²) in [7, 11) is -3.30. The van der Waals surface area contributed by atoms with Gasteiger partial charge in [-0.3, -0.25) is 4.18 Å². The second kappa shape index (κ2) is 4.39. The molecular formula is C8H16O4S. The zero-order valence-corrected chi connectivity index (χ0v) is 8.84. The van der Waals surface area contributed by atoms with E-state index in [0.29, 0.717) is 0 Å². The summed E-state index contributed by atoms with van der Waals surface area (Å²) in [5.74, 6) is 0.236. The van der Waals surface area contributed by atoms with Gasteiger partial charge in [-0.25, -0.2) is 0 Å². The van der Waals surface area contributed by atoms with Gasteiger partial charge < -0.3 is 4.74 Å². The fraction of sp³-hybridized carbons (Fsp3) is 1.00. The zero-order valence-electron chi connectivity index (χ0n) is 8.02. The van der Waals surface area contributed by atoms with Crippen molar-refractivity contribution in [3.8, 4) is 0 Å². The van der Waals surface area contributed by atoms with Gasteiger partial charge in [0.25, 0.3) is 10.1 Å². The summed E-state index contributed by atoms with van der Waals surface area (Å²) in [5, 5.41) is 0. The first-order chi connectivity index (χ1) is 6.03. The maximum atomic E-state index is 10.7. The summed E-state index contributed by atoms with van der Waals surface area (Å²) in [6, 6.07) is 0. The van der Waals surface area contributed by atoms with Crippen LogP contribution in [0.2, 0.25) is 0 Å². The second-order valence-electron chi connectivity index (χ2n) is 3.35. The lowest BCUT2D eigenvalue weighted by Gasteiger charge is -2.15. The molecule has 13 heavy (non-hydrogen) atoms. The van der Waals surface area contributed by atoms with Crippen molar-refractivity contribution in [1.82, 2.24) is 0 Å². The van der Waals surface area contributed by atoms with E-state index >= 15 is 0 Å². The molecule has 4 nitrogen and oxygen atoms in total. The molecule has 1 heterocycles. The molecule has 1 saturated heterocycles. The molecule has 0 aromatic carbocycles. The summed E-state index contributed by atoms with van der Waals surface area (Å²) < 4.78 is 31.6. The van der Waals surface area contributed by atoms with E-state index in [4.69, 9.17) is 8.92 Å². The molecule has 1 rings (SSSR count). The fourth-order valence-electron chi connectivity index (χ4n) is 1.55. The minimum atomic E-state index is -3.30. The van der Waals surface area contributed by atoms with Crippen LogP contribution in [0.15, 0.2) is 0 Å². The molecule has 5 heteroatoms. The molecule has 0 unspecified atom stereocenters. The Hall–Kier alpha value is -0.130. The van der Waals surface area contributed by atoms with Gasteiger partial charge in [-0.15, -0.1) is 0 Å². The summed E-state index contributed by atoms with van der Waals surface area (Å²) in [6.07, 6.45) is 3.05. The highest BCUT2D eigenvalue weighted by molar-refractivity contribution is 7.85. The Morgan fingerprint density at radius 3 is 2.77 bits per heavy atom. The van der Waals surface area contributed by atoms with Gasteiger partial charge in [0.15, 0.2) is 0 Å². The average Bonchev–Trinajstić information content (AvgIpc) is 2.46. The quantitative estimate of drug-likeness (QED) is 0.641. The highest BCUT2D eigenvalue weighted by Crippen LogP contribution is 2.23. The lowest BCUT2D eigenvalue weighted by molar-refractivity contribution is 0.0745. The van der Waals surface area contributed by atoms with Gasteiger partial charge >= 0.3 is 0 Å². The topological polar surface area (TPSA) is 52.6 Å². The van der Waals surface area contributed by atoms with Crippen molar-refractivity contribution in [1.29, 1.82) is 0 Å². The van der Waals surface area contributed by atoms with Crippen LogP contribution in [0.25, 0.3) is 0 Å². The molecule has 0 aromatic rings. The molecule has 2 atom stereocenters. The zero-order chi connectivity index (χ0) is 9.90. The standard InChI is InChI=1S/C8H16O4S/c1-3-8-7(4-5-11-8)6-12-13(2,9)10/h7-8H,3-6H2,1-2H3/t7-,8-/m0/s1. The normalized spacial score (nSPS) is 29.4. The third-order valence-electron chi connectivity index (χ3n) is 2.24. The Balaban J connectivity index is 2.36. The van der Waals surface area contributed by atoms with E-state index in [1.165, 1.54) is 0 Å². The fourth-order valence-corrected chi connectivity index (χ4v) is 1.97. The summed E-state index contributed by atoms with van der Waals surface area (Å²) in [5.41, 5.74) is 0. The van der Waals surface area contributed by atoms with Gasteiger partial charge in [-0.1, -0.05) is 6.92 Å². The van der Waals surface area contributed by atoms with Crippen molar-refractivity contribution < 1.29 is 17.3 Å². The van der Waals surface area contributed by atoms with Crippen LogP contribution in [-0.2, 0) is 19.0 Å². The van der Waals surface area contributed by atoms with E-state index in [1.54, 1.807) is 0 Å². The third kappa shape index (κ3) is 3.62. The van der Waals surface area contributed by atoms with Crippen LogP contribution in [0.3, 0.4) is 0 Å². The molecule has 0 radical (unpaired) electrons. The van der Waals surface area contributed by atoms with Gasteiger partial charge in [0.2, 0.25) is 0 Å². The van der Waals surface area contributed by atoms with Gasteiger partial charge in [-0.05, 0) is 12.8 Å². The Labute approximate surface area is 79.3 Å². The first-order valence-electron chi connectivity index (χ1n) is 4.49. The largest absolute Gasteiger partial charge is 0.378 e. The van der Waals surface area contributed by atoms with Crippen LogP contribution >= 0.6 is 0 Å². The molecule has 1 aliphatic rings. The van der Waals surface area contributed by atoms with E-state index in [2.05, 4.69) is 0 Å². The molecule has 1 aliphatic heterocycles. The first-order valence-corrected chi connectivity index (χ1v) is 6.30. The molecular weight excluding hydrogens is 192 g/mol. The molecule has 0 N–H and O–H groups in total. The minimum absolute atomic E-state index is 0.168. The maximum absolute atomic E-state index is 10.7. The predicted molar refractivity (Wildman–Crippen MR) is 48.9 cm³/mol. The van der Waals surface area contributed by atoms with Crippen molar-refractivity contribution in [3.05, 3.63) is 0 Å². The number of hydrogen-bond donors (Lipinski definition) is 0. The number of ether oxygens (including phenoxy) is 1. The van der Waals surface area contributed by atoms with Crippen molar-refractivity contribution in [2.45, 2.75) is 25.9 Å². The molecule has 1 fully saturated rings. The van der Waals surface area contributed by atoms with E-state index in [1.807, 2.05) is 6.92 Å². The van der Waals surface area contributed by atoms with E-state index in [9.17, 15) is 8.42 Å². The van der Waals surface area contributed by atoms with E-state index < -0.39 is 10.1 Å². The van der Waals surface area contributed by atoms with Gasteiger partial charge in [0.1, 0.15) is 0 Å². The lowest BCUT2D eigenvalue weighted by atomic mass is 10.0. The Morgan fingerprint density at radius 2 is 2.23 bits per heavy atom. The molecule has 78 valence electrons. The molecule has 0 aliphatic carbocycles. The molecule has 0 saturated carbocycles. The highest BCUT2D eigenvalue weighted by atomic mass is 32.2. The van der Waals surface area contributed by atoms with E-state index in [-0.39, 0.29) is 18.6 Å². The minimum Gasteiger partial charge on any atom is -0.378 e. The average molecular weight is 208 g/mol. The van der Waals surface area contributed by atoms with Crippen molar-refractivity contribution in [2.75, 3.05) is 19.5 Å². The monoisotopic (exact) mass is 208 g/mol. The van der Waals surface area contributed by atoms with Gasteiger partial charge in [0, 0.05) is 12.5 Å². The lowest BCUT2D eigenvalue weighted by Crippen LogP contribution is -2.21. The number of hydrogen-bond acceptors (Lipinski definition) is 4. The summed E-state index contributed by atoms with van der Waals surface area (Å²) >= 11 is 0. The van der Waals surface area contributed by atoms with Crippen LogP contribution < -0.4 is 0 Å². The van der Waals surface area contributed by atoms with E-state index in [0.717, 1.165) is 25.7 Å². The maximum Gasteiger partial charge on any atom is 0.264 e. The molecule has 0 bridgehead atoms. The van der Waals surface area contributed by atoms with Crippen molar-refractivity contribution in [3.63, 3.8) is 0 Å². The summed E-state index contributed by atoms with van der Waals surface area (Å²) in [4.78, 5) is 0. The third-order valence-corrected chi connectivity index (χ3v) is 2.81. The SMILES string of the molecule is CC[C@@H]1OCC[C@H]1COS(C)(=O)=O. The van der Waals surface area contributed by atoms with Gasteiger partial charge in [0.05, 0.1) is 19.0 Å². The first kappa shape index (κ1) is 10.9. The van der Waals surface area contributed by atoms with Crippen LogP contribution in [0.1, 0.15) is 19.8 Å². The highest BCUT2D eigenvalue weighted by Gasteiger charge is 2.27. The smallest absolute Gasteiger partial charge is 0.264 e. The summed E-state index contributed by atoms with van der Waals surface area (Å²) in [6.45, 7) is 3.01. The molecule has 0 amide bonds. The van der Waals surface area contributed by atoms with Crippen molar-refractivity contribution in [2.24, 2.45) is 5.92 Å². The molecule has 0 spiro atoms. The molecule has 0 aromatic heterocycles.